The predicted octanol–water partition coefficient (Wildman–Crippen LogP) is 2.64. The number of carbonyl (C=O) groups excluding carboxylic acids is 4. The summed E-state index contributed by atoms with van der Waals surface area (Å²) in [5.41, 5.74) is -0.719. The van der Waals surface area contributed by atoms with Crippen LogP contribution in [-0.4, -0.2) is 48.4 Å². The molecule has 0 spiro atoms. The van der Waals surface area contributed by atoms with Gasteiger partial charge in [-0.3, -0.25) is 24.1 Å². The molecule has 0 atom stereocenters. The van der Waals surface area contributed by atoms with E-state index in [1.165, 1.54) is 0 Å². The summed E-state index contributed by atoms with van der Waals surface area (Å²) in [6, 6.07) is 15.3. The van der Waals surface area contributed by atoms with Gasteiger partial charge in [-0.15, -0.1) is 0 Å². The SMILES string of the molecule is CCOC(=O)C(Cc1ccccc1)(CN1C(=O)c2ccccc2C1=O)C(=O)OCC. The van der Waals surface area contributed by atoms with E-state index in [2.05, 4.69) is 0 Å². The molecule has 0 bridgehead atoms. The molecule has 0 saturated heterocycles. The number of ether oxygens (including phenoxy) is 2. The summed E-state index contributed by atoms with van der Waals surface area (Å²) in [7, 11) is 0. The molecule has 3 rings (SSSR count). The first-order valence-electron chi connectivity index (χ1n) is 9.78. The first-order chi connectivity index (χ1) is 14.4. The summed E-state index contributed by atoms with van der Waals surface area (Å²) in [4.78, 5) is 52.9. The summed E-state index contributed by atoms with van der Waals surface area (Å²) in [5, 5.41) is 0. The van der Waals surface area contributed by atoms with Gasteiger partial charge in [0, 0.05) is 6.42 Å². The fraction of sp³-hybridized carbons (Fsp3) is 0.304. The number of hydrogen-bond acceptors (Lipinski definition) is 6. The average molecular weight is 409 g/mol. The number of rotatable bonds is 8. The van der Waals surface area contributed by atoms with Crippen LogP contribution in [0.25, 0.3) is 0 Å². The Labute approximate surface area is 174 Å². The predicted molar refractivity (Wildman–Crippen MR) is 108 cm³/mol. The standard InChI is InChI=1S/C23H23NO6/c1-3-29-21(27)23(22(28)30-4-2,14-16-10-6-5-7-11-16)15-24-19(25)17-12-8-9-13-18(17)20(24)26/h5-13H,3-4,14-15H2,1-2H3. The number of imide groups is 1. The van der Waals surface area contributed by atoms with Crippen LogP contribution >= 0.6 is 0 Å². The van der Waals surface area contributed by atoms with Gasteiger partial charge in [-0.1, -0.05) is 42.5 Å². The van der Waals surface area contributed by atoms with Crippen molar-refractivity contribution in [1.29, 1.82) is 0 Å². The van der Waals surface area contributed by atoms with Gasteiger partial charge in [-0.05, 0) is 31.5 Å². The third-order valence-electron chi connectivity index (χ3n) is 4.99. The Bertz CT molecular complexity index is 916. The molecule has 0 radical (unpaired) electrons. The van der Waals surface area contributed by atoms with Gasteiger partial charge in [-0.25, -0.2) is 0 Å². The smallest absolute Gasteiger partial charge is 0.325 e. The van der Waals surface area contributed by atoms with Crippen molar-refractivity contribution in [3.63, 3.8) is 0 Å². The number of amides is 2. The molecule has 0 fully saturated rings. The van der Waals surface area contributed by atoms with Crippen molar-refractivity contribution in [2.75, 3.05) is 19.8 Å². The number of fused-ring (bicyclic) bond motifs is 1. The lowest BCUT2D eigenvalue weighted by molar-refractivity contribution is -0.172. The van der Waals surface area contributed by atoms with Crippen LogP contribution in [0.1, 0.15) is 40.1 Å². The number of hydrogen-bond donors (Lipinski definition) is 0. The minimum atomic E-state index is -1.87. The molecule has 1 aliphatic heterocycles. The molecule has 0 aliphatic carbocycles. The molecular formula is C23H23NO6. The molecule has 7 nitrogen and oxygen atoms in total. The Morgan fingerprint density at radius 2 is 1.27 bits per heavy atom. The number of carbonyl (C=O) groups is 4. The van der Waals surface area contributed by atoms with Crippen molar-refractivity contribution in [2.45, 2.75) is 20.3 Å². The van der Waals surface area contributed by atoms with Gasteiger partial charge in [0.25, 0.3) is 11.8 Å². The van der Waals surface area contributed by atoms with Gasteiger partial charge < -0.3 is 9.47 Å². The van der Waals surface area contributed by atoms with Crippen molar-refractivity contribution in [3.8, 4) is 0 Å². The lowest BCUT2D eigenvalue weighted by Crippen LogP contribution is -2.53. The highest BCUT2D eigenvalue weighted by Gasteiger charge is 2.53. The first-order valence-corrected chi connectivity index (χ1v) is 9.78. The molecule has 0 unspecified atom stereocenters. The highest BCUT2D eigenvalue weighted by molar-refractivity contribution is 6.21. The normalized spacial score (nSPS) is 13.2. The quantitative estimate of drug-likeness (QED) is 0.378. The van der Waals surface area contributed by atoms with Gasteiger partial charge in [-0.2, -0.15) is 0 Å². The molecule has 30 heavy (non-hydrogen) atoms. The van der Waals surface area contributed by atoms with Crippen LogP contribution in [0.15, 0.2) is 54.6 Å². The highest BCUT2D eigenvalue weighted by Crippen LogP contribution is 2.33. The van der Waals surface area contributed by atoms with Crippen LogP contribution in [0.4, 0.5) is 0 Å². The lowest BCUT2D eigenvalue weighted by Gasteiger charge is -2.32. The first kappa shape index (κ1) is 21.2. The Balaban J connectivity index is 2.06. The van der Waals surface area contributed by atoms with E-state index < -0.39 is 35.7 Å². The van der Waals surface area contributed by atoms with Gasteiger partial charge >= 0.3 is 11.9 Å². The molecule has 0 N–H and O–H groups in total. The van der Waals surface area contributed by atoms with E-state index in [0.717, 1.165) is 4.90 Å². The van der Waals surface area contributed by atoms with Gasteiger partial charge in [0.15, 0.2) is 5.41 Å². The van der Waals surface area contributed by atoms with E-state index in [0.29, 0.717) is 5.56 Å². The minimum Gasteiger partial charge on any atom is -0.465 e. The van der Waals surface area contributed by atoms with Crippen molar-refractivity contribution in [3.05, 3.63) is 71.3 Å². The van der Waals surface area contributed by atoms with Crippen LogP contribution < -0.4 is 0 Å². The zero-order chi connectivity index (χ0) is 21.7. The second-order valence-electron chi connectivity index (χ2n) is 6.93. The second kappa shape index (κ2) is 8.90. The van der Waals surface area contributed by atoms with Gasteiger partial charge in [0.2, 0.25) is 0 Å². The Morgan fingerprint density at radius 3 is 1.73 bits per heavy atom. The van der Waals surface area contributed by atoms with Gasteiger partial charge in [0.05, 0.1) is 30.9 Å². The highest BCUT2D eigenvalue weighted by atomic mass is 16.6. The minimum absolute atomic E-state index is 0.0386. The fourth-order valence-corrected chi connectivity index (χ4v) is 3.55. The molecule has 2 aromatic carbocycles. The summed E-state index contributed by atoms with van der Waals surface area (Å²) >= 11 is 0. The number of esters is 2. The summed E-state index contributed by atoms with van der Waals surface area (Å²) in [6.07, 6.45) is -0.0705. The molecule has 156 valence electrons. The van der Waals surface area contributed by atoms with Crippen LogP contribution in [0.3, 0.4) is 0 Å². The van der Waals surface area contributed by atoms with E-state index in [1.54, 1.807) is 62.4 Å². The molecule has 2 aromatic rings. The Morgan fingerprint density at radius 1 is 0.800 bits per heavy atom. The van der Waals surface area contributed by atoms with E-state index in [4.69, 9.17) is 9.47 Å². The van der Waals surface area contributed by atoms with Crippen LogP contribution in [0, 0.1) is 5.41 Å². The summed E-state index contributed by atoms with van der Waals surface area (Å²) in [5.74, 6) is -2.77. The second-order valence-corrected chi connectivity index (χ2v) is 6.93. The van der Waals surface area contributed by atoms with Crippen molar-refractivity contribution in [2.24, 2.45) is 5.41 Å². The molecule has 2 amide bonds. The zero-order valence-electron chi connectivity index (χ0n) is 16.9. The number of nitrogens with zero attached hydrogens (tertiary/aromatic N) is 1. The topological polar surface area (TPSA) is 90.0 Å². The molecule has 1 aliphatic rings. The van der Waals surface area contributed by atoms with Crippen LogP contribution in [0.5, 0.6) is 0 Å². The number of benzene rings is 2. The van der Waals surface area contributed by atoms with E-state index in [9.17, 15) is 19.2 Å². The largest absolute Gasteiger partial charge is 0.465 e. The van der Waals surface area contributed by atoms with Crippen LogP contribution in [0.2, 0.25) is 0 Å². The summed E-state index contributed by atoms with van der Waals surface area (Å²) < 4.78 is 10.4. The maximum Gasteiger partial charge on any atom is 0.325 e. The van der Waals surface area contributed by atoms with E-state index in [1.807, 2.05) is 6.07 Å². The third kappa shape index (κ3) is 3.83. The molecular weight excluding hydrogens is 386 g/mol. The monoisotopic (exact) mass is 409 g/mol. The fourth-order valence-electron chi connectivity index (χ4n) is 3.55. The van der Waals surface area contributed by atoms with E-state index >= 15 is 0 Å². The molecule has 0 aromatic heterocycles. The van der Waals surface area contributed by atoms with E-state index in [-0.39, 0.29) is 30.8 Å². The lowest BCUT2D eigenvalue weighted by atomic mass is 9.80. The Hall–Kier alpha value is -3.48. The molecule has 1 heterocycles. The van der Waals surface area contributed by atoms with Crippen molar-refractivity contribution >= 4 is 23.8 Å². The van der Waals surface area contributed by atoms with Crippen molar-refractivity contribution < 1.29 is 28.7 Å². The average Bonchev–Trinajstić information content (AvgIpc) is 2.99. The van der Waals surface area contributed by atoms with Gasteiger partial charge in [0.1, 0.15) is 0 Å². The maximum absolute atomic E-state index is 13.1. The third-order valence-corrected chi connectivity index (χ3v) is 4.99. The van der Waals surface area contributed by atoms with Crippen molar-refractivity contribution in [1.82, 2.24) is 4.90 Å². The molecule has 0 saturated carbocycles. The Kier molecular flexibility index (Phi) is 6.30. The van der Waals surface area contributed by atoms with Crippen LogP contribution in [-0.2, 0) is 25.5 Å². The molecule has 7 heteroatoms. The zero-order valence-corrected chi connectivity index (χ0v) is 16.9. The summed E-state index contributed by atoms with van der Waals surface area (Å²) in [6.45, 7) is 2.86. The maximum atomic E-state index is 13.1.